The van der Waals surface area contributed by atoms with Crippen molar-refractivity contribution in [2.75, 3.05) is 16.3 Å². The summed E-state index contributed by atoms with van der Waals surface area (Å²) in [5.74, 6) is -0.460. The molecule has 0 spiro atoms. The lowest BCUT2D eigenvalue weighted by Crippen LogP contribution is -2.29. The quantitative estimate of drug-likeness (QED) is 0.550. The molecule has 0 N–H and O–H groups in total. The molecule has 2 aromatic rings. The van der Waals surface area contributed by atoms with Crippen molar-refractivity contribution in [3.05, 3.63) is 64.0 Å². The summed E-state index contributed by atoms with van der Waals surface area (Å²) in [6.07, 6.45) is 0. The Morgan fingerprint density at radius 3 is 2.58 bits per heavy atom. The van der Waals surface area contributed by atoms with Gasteiger partial charge in [-0.3, -0.25) is 14.5 Å². The van der Waals surface area contributed by atoms with Gasteiger partial charge in [0.05, 0.1) is 21.9 Å². The van der Waals surface area contributed by atoms with Crippen LogP contribution >= 0.6 is 35.6 Å². The molecule has 0 aromatic heterocycles. The van der Waals surface area contributed by atoms with E-state index in [4.69, 9.17) is 23.8 Å². The minimum atomic E-state index is -0.293. The van der Waals surface area contributed by atoms with Crippen molar-refractivity contribution in [3.63, 3.8) is 0 Å². The van der Waals surface area contributed by atoms with Crippen LogP contribution in [0.4, 0.5) is 11.4 Å². The number of para-hydroxylation sites is 1. The van der Waals surface area contributed by atoms with Crippen LogP contribution in [0.5, 0.6) is 0 Å². The van der Waals surface area contributed by atoms with Crippen molar-refractivity contribution in [1.82, 2.24) is 0 Å². The van der Waals surface area contributed by atoms with Crippen LogP contribution in [0.2, 0.25) is 5.02 Å². The number of thiocarbonyl (C=S) groups is 1. The molecule has 0 atom stereocenters. The molecule has 0 bridgehead atoms. The second-order valence-electron chi connectivity index (χ2n) is 5.76. The Morgan fingerprint density at radius 2 is 1.85 bits per heavy atom. The van der Waals surface area contributed by atoms with E-state index >= 15 is 0 Å². The van der Waals surface area contributed by atoms with E-state index in [1.54, 1.807) is 29.2 Å². The summed E-state index contributed by atoms with van der Waals surface area (Å²) in [6, 6.07) is 14.5. The van der Waals surface area contributed by atoms with Gasteiger partial charge in [0.25, 0.3) is 11.8 Å². The number of hydrogen-bond acceptors (Lipinski definition) is 4. The van der Waals surface area contributed by atoms with Gasteiger partial charge >= 0.3 is 0 Å². The third kappa shape index (κ3) is 2.57. The van der Waals surface area contributed by atoms with Gasteiger partial charge in [-0.1, -0.05) is 59.8 Å². The van der Waals surface area contributed by atoms with Crippen molar-refractivity contribution < 1.29 is 9.59 Å². The van der Waals surface area contributed by atoms with Gasteiger partial charge in [0.2, 0.25) is 0 Å². The molecule has 0 unspecified atom stereocenters. The molecule has 1 fully saturated rings. The molecule has 130 valence electrons. The first-order valence-electron chi connectivity index (χ1n) is 8.00. The van der Waals surface area contributed by atoms with E-state index in [-0.39, 0.29) is 11.8 Å². The van der Waals surface area contributed by atoms with Crippen LogP contribution < -0.4 is 9.80 Å². The molecule has 2 amide bonds. The minimum absolute atomic E-state index is 0.166. The van der Waals surface area contributed by atoms with Crippen LogP contribution in [0.15, 0.2) is 53.4 Å². The lowest BCUT2D eigenvalue weighted by atomic mass is 10.1. The van der Waals surface area contributed by atoms with E-state index in [0.717, 1.165) is 23.0 Å². The fraction of sp³-hybridized carbons (Fsp3) is 0.105. The fourth-order valence-corrected chi connectivity index (χ4v) is 4.73. The van der Waals surface area contributed by atoms with Gasteiger partial charge in [-0.25, -0.2) is 0 Å². The van der Waals surface area contributed by atoms with Gasteiger partial charge in [-0.05, 0) is 31.2 Å². The monoisotopic (exact) mass is 400 g/mol. The van der Waals surface area contributed by atoms with Crippen molar-refractivity contribution in [2.24, 2.45) is 0 Å². The molecular formula is C19H13ClN2O2S2. The highest BCUT2D eigenvalue weighted by molar-refractivity contribution is 8.27. The molecular weight excluding hydrogens is 388 g/mol. The SMILES string of the molecule is CCN1C(=O)/C(=C2/SC(=S)N(c3cccc(Cl)c3)C2=O)c2ccccc21. The standard InChI is InChI=1S/C19H13ClN2O2S2/c1-2-21-14-9-4-3-8-13(14)15(17(21)23)16-18(24)22(19(25)26-16)12-7-5-6-11(20)10-12/h3-10H,2H2,1H3/b16-15+. The molecule has 0 radical (unpaired) electrons. The zero-order chi connectivity index (χ0) is 18.4. The normalized spacial score (nSPS) is 19.5. The average molecular weight is 401 g/mol. The van der Waals surface area contributed by atoms with Gasteiger partial charge in [-0.2, -0.15) is 0 Å². The lowest BCUT2D eigenvalue weighted by Gasteiger charge is -2.15. The number of halogens is 1. The molecule has 2 aliphatic rings. The maximum absolute atomic E-state index is 13.1. The predicted octanol–water partition coefficient (Wildman–Crippen LogP) is 4.48. The van der Waals surface area contributed by atoms with Crippen LogP contribution in [-0.4, -0.2) is 22.7 Å². The Kier molecular flexibility index (Phi) is 4.34. The van der Waals surface area contributed by atoms with Gasteiger partial charge in [0.1, 0.15) is 0 Å². The van der Waals surface area contributed by atoms with E-state index in [9.17, 15) is 9.59 Å². The molecule has 7 heteroatoms. The molecule has 4 nitrogen and oxygen atoms in total. The summed E-state index contributed by atoms with van der Waals surface area (Å²) in [6.45, 7) is 2.45. The summed E-state index contributed by atoms with van der Waals surface area (Å²) in [4.78, 5) is 29.5. The molecule has 26 heavy (non-hydrogen) atoms. The highest BCUT2D eigenvalue weighted by Crippen LogP contribution is 2.45. The molecule has 2 aliphatic heterocycles. The first-order chi connectivity index (χ1) is 12.5. The van der Waals surface area contributed by atoms with Crippen molar-refractivity contribution in [1.29, 1.82) is 0 Å². The zero-order valence-electron chi connectivity index (χ0n) is 13.7. The maximum atomic E-state index is 13.1. The van der Waals surface area contributed by atoms with Crippen LogP contribution in [0.1, 0.15) is 12.5 Å². The van der Waals surface area contributed by atoms with Crippen molar-refractivity contribution in [3.8, 4) is 0 Å². The van der Waals surface area contributed by atoms with Gasteiger partial charge in [0, 0.05) is 17.1 Å². The lowest BCUT2D eigenvalue weighted by molar-refractivity contribution is -0.115. The number of carbonyl (C=O) groups is 2. The summed E-state index contributed by atoms with van der Waals surface area (Å²) in [5, 5.41) is 0.517. The fourth-order valence-electron chi connectivity index (χ4n) is 3.17. The zero-order valence-corrected chi connectivity index (χ0v) is 16.1. The summed E-state index contributed by atoms with van der Waals surface area (Å²) in [7, 11) is 0. The van der Waals surface area contributed by atoms with Gasteiger partial charge < -0.3 is 4.90 Å². The molecule has 1 saturated heterocycles. The number of likely N-dealkylation sites (N-methyl/N-ethyl adjacent to an activating group) is 1. The second kappa shape index (κ2) is 6.54. The van der Waals surface area contributed by atoms with Gasteiger partial charge in [0.15, 0.2) is 4.32 Å². The van der Waals surface area contributed by atoms with Crippen molar-refractivity contribution in [2.45, 2.75) is 6.92 Å². The number of nitrogens with zero attached hydrogens (tertiary/aromatic N) is 2. The number of hydrogen-bond donors (Lipinski definition) is 0. The largest absolute Gasteiger partial charge is 0.308 e. The number of rotatable bonds is 2. The molecule has 0 saturated carbocycles. The smallest absolute Gasteiger partial charge is 0.271 e. The number of amides is 2. The Morgan fingerprint density at radius 1 is 1.08 bits per heavy atom. The summed E-state index contributed by atoms with van der Waals surface area (Å²) < 4.78 is 0.389. The first-order valence-corrected chi connectivity index (χ1v) is 9.60. The van der Waals surface area contributed by atoms with Crippen LogP contribution in [0, 0.1) is 0 Å². The van der Waals surface area contributed by atoms with E-state index in [1.807, 2.05) is 31.2 Å². The van der Waals surface area contributed by atoms with Crippen LogP contribution in [-0.2, 0) is 9.59 Å². The summed E-state index contributed by atoms with van der Waals surface area (Å²) >= 11 is 12.6. The Labute approximate surface area is 165 Å². The van der Waals surface area contributed by atoms with E-state index in [1.165, 1.54) is 4.90 Å². The molecule has 4 rings (SSSR count). The number of anilines is 2. The molecule has 0 aliphatic carbocycles. The summed E-state index contributed by atoms with van der Waals surface area (Å²) in [5.41, 5.74) is 2.61. The Hall–Kier alpha value is -2.15. The number of thioether (sulfide) groups is 1. The average Bonchev–Trinajstić information content (AvgIpc) is 3.07. The van der Waals surface area contributed by atoms with E-state index in [0.29, 0.717) is 32.1 Å². The highest BCUT2D eigenvalue weighted by Gasteiger charge is 2.42. The predicted molar refractivity (Wildman–Crippen MR) is 111 cm³/mol. The topological polar surface area (TPSA) is 40.6 Å². The number of fused-ring (bicyclic) bond motifs is 1. The molecule has 2 heterocycles. The van der Waals surface area contributed by atoms with E-state index in [2.05, 4.69) is 0 Å². The van der Waals surface area contributed by atoms with Crippen LogP contribution in [0.3, 0.4) is 0 Å². The van der Waals surface area contributed by atoms with E-state index < -0.39 is 0 Å². The first kappa shape index (κ1) is 17.3. The Bertz CT molecular complexity index is 1000. The maximum Gasteiger partial charge on any atom is 0.271 e. The van der Waals surface area contributed by atoms with Crippen molar-refractivity contribution >= 4 is 68.7 Å². The highest BCUT2D eigenvalue weighted by atomic mass is 35.5. The number of benzene rings is 2. The van der Waals surface area contributed by atoms with Gasteiger partial charge in [-0.15, -0.1) is 0 Å². The minimum Gasteiger partial charge on any atom is -0.308 e. The second-order valence-corrected chi connectivity index (χ2v) is 7.84. The third-order valence-electron chi connectivity index (χ3n) is 4.30. The number of carbonyl (C=O) groups excluding carboxylic acids is 2. The Balaban J connectivity index is 1.85. The van der Waals surface area contributed by atoms with Crippen LogP contribution in [0.25, 0.3) is 5.57 Å². The third-order valence-corrected chi connectivity index (χ3v) is 5.91. The molecule has 2 aromatic carbocycles.